The van der Waals surface area contributed by atoms with Crippen molar-refractivity contribution in [3.8, 4) is 0 Å². The number of amides is 1. The zero-order valence-electron chi connectivity index (χ0n) is 12.5. The van der Waals surface area contributed by atoms with Crippen molar-refractivity contribution in [3.63, 3.8) is 0 Å². The molecule has 0 atom stereocenters. The zero-order valence-corrected chi connectivity index (χ0v) is 12.5. The molecule has 0 saturated heterocycles. The summed E-state index contributed by atoms with van der Waals surface area (Å²) in [5.41, 5.74) is -1.06. The summed E-state index contributed by atoms with van der Waals surface area (Å²) < 4.78 is 4.96. The topological polar surface area (TPSA) is 96.5 Å². The van der Waals surface area contributed by atoms with Crippen molar-refractivity contribution >= 4 is 11.9 Å². The molecule has 1 aliphatic rings. The first-order chi connectivity index (χ1) is 9.95. The second kappa shape index (κ2) is 6.24. The average Bonchev–Trinajstić information content (AvgIpc) is 2.90. The number of aromatic nitrogens is 2. The first-order valence-electron chi connectivity index (χ1n) is 7.25. The number of carboxylic acid groups (broad SMARTS) is 1. The predicted octanol–water partition coefficient (Wildman–Crippen LogP) is 1.56. The van der Waals surface area contributed by atoms with E-state index in [1.807, 2.05) is 0 Å². The van der Waals surface area contributed by atoms with Gasteiger partial charge in [0.25, 0.3) is 0 Å². The molecule has 116 valence electrons. The van der Waals surface area contributed by atoms with Gasteiger partial charge in [-0.05, 0) is 19.8 Å². The Morgan fingerprint density at radius 1 is 1.33 bits per heavy atom. The lowest BCUT2D eigenvalue weighted by atomic mass is 9.80. The smallest absolute Gasteiger partial charge is 0.329 e. The summed E-state index contributed by atoms with van der Waals surface area (Å²) in [5, 5.41) is 13.2. The van der Waals surface area contributed by atoms with Gasteiger partial charge in [0.15, 0.2) is 5.82 Å². The fourth-order valence-electron chi connectivity index (χ4n) is 2.89. The fourth-order valence-corrected chi connectivity index (χ4v) is 2.89. The molecule has 1 N–H and O–H groups in total. The van der Waals surface area contributed by atoms with Crippen LogP contribution in [0.25, 0.3) is 0 Å². The van der Waals surface area contributed by atoms with Crippen LogP contribution in [-0.2, 0) is 16.0 Å². The van der Waals surface area contributed by atoms with Crippen LogP contribution in [0.4, 0.5) is 0 Å². The number of nitrogens with zero attached hydrogens (tertiary/aromatic N) is 3. The van der Waals surface area contributed by atoms with Gasteiger partial charge < -0.3 is 14.5 Å². The lowest BCUT2D eigenvalue weighted by Crippen LogP contribution is -2.56. The van der Waals surface area contributed by atoms with Gasteiger partial charge in [-0.1, -0.05) is 24.4 Å². The summed E-state index contributed by atoms with van der Waals surface area (Å²) in [5.74, 6) is -0.177. The number of carboxylic acids is 1. The van der Waals surface area contributed by atoms with Gasteiger partial charge in [-0.3, -0.25) is 4.79 Å². The van der Waals surface area contributed by atoms with E-state index in [0.29, 0.717) is 31.0 Å². The van der Waals surface area contributed by atoms with Gasteiger partial charge in [0, 0.05) is 19.9 Å². The minimum absolute atomic E-state index is 0.174. The molecule has 0 spiro atoms. The molecule has 1 amide bonds. The molecule has 7 heteroatoms. The molecule has 0 radical (unpaired) electrons. The van der Waals surface area contributed by atoms with Crippen LogP contribution < -0.4 is 0 Å². The number of carbonyl (C=O) groups is 2. The van der Waals surface area contributed by atoms with Crippen LogP contribution in [0.2, 0.25) is 0 Å². The molecule has 21 heavy (non-hydrogen) atoms. The van der Waals surface area contributed by atoms with Gasteiger partial charge in [-0.15, -0.1) is 0 Å². The van der Waals surface area contributed by atoms with Gasteiger partial charge in [-0.2, -0.15) is 4.98 Å². The fraction of sp³-hybridized carbons (Fsp3) is 0.714. The number of hydrogen-bond acceptors (Lipinski definition) is 5. The SMILES string of the molecule is Cc1noc(CCC(=O)N(C)C2(C(=O)O)CCCCC2)n1. The largest absolute Gasteiger partial charge is 0.479 e. The quantitative estimate of drug-likeness (QED) is 0.885. The van der Waals surface area contributed by atoms with Gasteiger partial charge in [0.2, 0.25) is 11.8 Å². The highest BCUT2D eigenvalue weighted by molar-refractivity contribution is 5.87. The number of aryl methyl sites for hydroxylation is 2. The molecule has 0 aliphatic heterocycles. The minimum atomic E-state index is -1.06. The summed E-state index contributed by atoms with van der Waals surface area (Å²) in [6, 6.07) is 0. The number of aliphatic carboxylic acids is 1. The first kappa shape index (κ1) is 15.5. The van der Waals surface area contributed by atoms with Crippen LogP contribution in [-0.4, -0.2) is 44.6 Å². The van der Waals surface area contributed by atoms with Crippen LogP contribution in [0, 0.1) is 6.92 Å². The average molecular weight is 295 g/mol. The van der Waals surface area contributed by atoms with E-state index in [1.165, 1.54) is 4.90 Å². The van der Waals surface area contributed by atoms with E-state index in [-0.39, 0.29) is 12.3 Å². The van der Waals surface area contributed by atoms with E-state index >= 15 is 0 Å². The monoisotopic (exact) mass is 295 g/mol. The maximum atomic E-state index is 12.3. The van der Waals surface area contributed by atoms with Crippen molar-refractivity contribution in [3.05, 3.63) is 11.7 Å². The molecule has 7 nitrogen and oxygen atoms in total. The van der Waals surface area contributed by atoms with Crippen LogP contribution in [0.1, 0.15) is 50.2 Å². The van der Waals surface area contributed by atoms with Crippen molar-refractivity contribution < 1.29 is 19.2 Å². The van der Waals surface area contributed by atoms with Gasteiger partial charge in [0.05, 0.1) is 0 Å². The maximum absolute atomic E-state index is 12.3. The Morgan fingerprint density at radius 3 is 2.52 bits per heavy atom. The van der Waals surface area contributed by atoms with Crippen molar-refractivity contribution in [1.82, 2.24) is 15.0 Å². The number of carbonyl (C=O) groups excluding carboxylic acids is 1. The molecule has 1 aromatic heterocycles. The van der Waals surface area contributed by atoms with Crippen LogP contribution in [0.15, 0.2) is 4.52 Å². The molecular weight excluding hydrogens is 274 g/mol. The van der Waals surface area contributed by atoms with Crippen molar-refractivity contribution in [2.75, 3.05) is 7.05 Å². The Hall–Kier alpha value is -1.92. The lowest BCUT2D eigenvalue weighted by molar-refractivity contribution is -0.160. The standard InChI is InChI=1S/C14H21N3O4/c1-10-15-11(21-16-10)6-7-12(18)17(2)14(13(19)20)8-4-3-5-9-14/h3-9H2,1-2H3,(H,19,20). The third kappa shape index (κ3) is 3.22. The second-order valence-electron chi connectivity index (χ2n) is 5.59. The molecule has 1 fully saturated rings. The maximum Gasteiger partial charge on any atom is 0.329 e. The van der Waals surface area contributed by atoms with E-state index in [1.54, 1.807) is 14.0 Å². The Morgan fingerprint density at radius 2 is 2.00 bits per heavy atom. The Bertz CT molecular complexity index is 520. The third-order valence-electron chi connectivity index (χ3n) is 4.22. The highest BCUT2D eigenvalue weighted by Crippen LogP contribution is 2.33. The third-order valence-corrected chi connectivity index (χ3v) is 4.22. The Labute approximate surface area is 123 Å². The summed E-state index contributed by atoms with van der Waals surface area (Å²) >= 11 is 0. The van der Waals surface area contributed by atoms with E-state index in [9.17, 15) is 14.7 Å². The molecule has 1 heterocycles. The normalized spacial score (nSPS) is 17.4. The van der Waals surface area contributed by atoms with Crippen molar-refractivity contribution in [2.45, 2.75) is 57.4 Å². The number of likely N-dealkylation sites (N-methyl/N-ethyl adjacent to an activating group) is 1. The van der Waals surface area contributed by atoms with E-state index in [4.69, 9.17) is 4.52 Å². The van der Waals surface area contributed by atoms with Crippen LogP contribution >= 0.6 is 0 Å². The highest BCUT2D eigenvalue weighted by atomic mass is 16.5. The Kier molecular flexibility index (Phi) is 4.59. The van der Waals surface area contributed by atoms with E-state index < -0.39 is 11.5 Å². The van der Waals surface area contributed by atoms with Gasteiger partial charge >= 0.3 is 5.97 Å². The number of rotatable bonds is 5. The zero-order chi connectivity index (χ0) is 15.5. The summed E-state index contributed by atoms with van der Waals surface area (Å²) in [6.07, 6.45) is 4.25. The second-order valence-corrected chi connectivity index (χ2v) is 5.59. The summed E-state index contributed by atoms with van der Waals surface area (Å²) in [6.45, 7) is 1.71. The highest BCUT2D eigenvalue weighted by Gasteiger charge is 2.45. The van der Waals surface area contributed by atoms with Gasteiger partial charge in [-0.25, -0.2) is 4.79 Å². The lowest BCUT2D eigenvalue weighted by Gasteiger charge is -2.41. The summed E-state index contributed by atoms with van der Waals surface area (Å²) in [7, 11) is 1.58. The summed E-state index contributed by atoms with van der Waals surface area (Å²) in [4.78, 5) is 29.4. The molecule has 1 aliphatic carbocycles. The predicted molar refractivity (Wildman–Crippen MR) is 73.6 cm³/mol. The molecule has 0 unspecified atom stereocenters. The van der Waals surface area contributed by atoms with E-state index in [0.717, 1.165) is 19.3 Å². The molecule has 1 aromatic rings. The molecule has 1 saturated carbocycles. The van der Waals surface area contributed by atoms with E-state index in [2.05, 4.69) is 10.1 Å². The Balaban J connectivity index is 2.01. The molecular formula is C14H21N3O4. The first-order valence-corrected chi connectivity index (χ1v) is 7.25. The molecule has 2 rings (SSSR count). The van der Waals surface area contributed by atoms with Crippen molar-refractivity contribution in [1.29, 1.82) is 0 Å². The van der Waals surface area contributed by atoms with Crippen LogP contribution in [0.5, 0.6) is 0 Å². The van der Waals surface area contributed by atoms with Crippen LogP contribution in [0.3, 0.4) is 0 Å². The molecule has 0 bridgehead atoms. The van der Waals surface area contributed by atoms with Crippen molar-refractivity contribution in [2.24, 2.45) is 0 Å². The number of hydrogen-bond donors (Lipinski definition) is 1. The molecule has 0 aromatic carbocycles. The minimum Gasteiger partial charge on any atom is -0.479 e. The van der Waals surface area contributed by atoms with Gasteiger partial charge in [0.1, 0.15) is 5.54 Å².